The summed E-state index contributed by atoms with van der Waals surface area (Å²) < 4.78 is 0. The van der Waals surface area contributed by atoms with Crippen LogP contribution in [0.3, 0.4) is 0 Å². The normalized spacial score (nSPS) is 10.2. The van der Waals surface area contributed by atoms with Crippen LogP contribution in [0.15, 0.2) is 42.5 Å². The number of hydrogen-bond acceptors (Lipinski definition) is 3. The molecule has 6 heteroatoms. The van der Waals surface area contributed by atoms with Gasteiger partial charge in [-0.2, -0.15) is 0 Å². The average molecular weight is 332 g/mol. The number of anilines is 1. The van der Waals surface area contributed by atoms with Gasteiger partial charge in [-0.15, -0.1) is 0 Å². The van der Waals surface area contributed by atoms with Crippen molar-refractivity contribution in [2.75, 3.05) is 11.9 Å². The van der Waals surface area contributed by atoms with E-state index in [-0.39, 0.29) is 12.5 Å². The van der Waals surface area contributed by atoms with Gasteiger partial charge in [0.2, 0.25) is 5.91 Å². The van der Waals surface area contributed by atoms with Crippen LogP contribution >= 0.6 is 11.6 Å². The number of halogens is 1. The highest BCUT2D eigenvalue weighted by Gasteiger charge is 2.10. The molecule has 0 spiro atoms. The highest BCUT2D eigenvalue weighted by molar-refractivity contribution is 6.31. The smallest absolute Gasteiger partial charge is 0.250 e. The molecule has 23 heavy (non-hydrogen) atoms. The van der Waals surface area contributed by atoms with E-state index in [1.165, 1.54) is 6.07 Å². The summed E-state index contributed by atoms with van der Waals surface area (Å²) in [5, 5.41) is 6.15. The standard InChI is InChI=1S/C17H18ClN3O2/c1-11-3-2-4-12(7-11)9-21-16(22)10-20-15-8-13(18)5-6-14(15)17(19)23/h2-8,20H,9-10H2,1H3,(H2,19,23)(H,21,22). The Hall–Kier alpha value is -2.53. The lowest BCUT2D eigenvalue weighted by molar-refractivity contribution is -0.119. The van der Waals surface area contributed by atoms with Crippen molar-refractivity contribution < 1.29 is 9.59 Å². The SMILES string of the molecule is Cc1cccc(CNC(=O)CNc2cc(Cl)ccc2C(N)=O)c1. The summed E-state index contributed by atoms with van der Waals surface area (Å²) >= 11 is 5.90. The number of carbonyl (C=O) groups is 2. The molecule has 0 saturated heterocycles. The molecule has 0 bridgehead atoms. The van der Waals surface area contributed by atoms with E-state index in [1.807, 2.05) is 31.2 Å². The predicted octanol–water partition coefficient (Wildman–Crippen LogP) is 2.48. The minimum absolute atomic E-state index is 0.0203. The summed E-state index contributed by atoms with van der Waals surface area (Å²) in [5.74, 6) is -0.772. The molecule has 0 aliphatic carbocycles. The number of amides is 2. The van der Waals surface area contributed by atoms with Gasteiger partial charge in [-0.1, -0.05) is 41.4 Å². The molecule has 0 aliphatic rings. The molecule has 0 heterocycles. The van der Waals surface area contributed by atoms with E-state index in [9.17, 15) is 9.59 Å². The van der Waals surface area contributed by atoms with Gasteiger partial charge in [-0.05, 0) is 30.7 Å². The van der Waals surface area contributed by atoms with Crippen LogP contribution < -0.4 is 16.4 Å². The van der Waals surface area contributed by atoms with Gasteiger partial charge in [0, 0.05) is 17.3 Å². The van der Waals surface area contributed by atoms with Crippen LogP contribution in [-0.2, 0) is 11.3 Å². The third-order valence-electron chi connectivity index (χ3n) is 3.26. The zero-order valence-corrected chi connectivity index (χ0v) is 13.5. The van der Waals surface area contributed by atoms with Crippen molar-refractivity contribution in [2.45, 2.75) is 13.5 Å². The van der Waals surface area contributed by atoms with Gasteiger partial charge in [-0.3, -0.25) is 9.59 Å². The van der Waals surface area contributed by atoms with E-state index < -0.39 is 5.91 Å². The molecule has 0 atom stereocenters. The van der Waals surface area contributed by atoms with Crippen molar-refractivity contribution in [2.24, 2.45) is 5.73 Å². The summed E-state index contributed by atoms with van der Waals surface area (Å²) in [4.78, 5) is 23.3. The van der Waals surface area contributed by atoms with E-state index in [1.54, 1.807) is 12.1 Å². The molecule has 4 N–H and O–H groups in total. The fourth-order valence-corrected chi connectivity index (χ4v) is 2.31. The molecule has 2 rings (SSSR count). The zero-order valence-electron chi connectivity index (χ0n) is 12.7. The van der Waals surface area contributed by atoms with Crippen LogP contribution in [0, 0.1) is 6.92 Å². The second kappa shape index (κ2) is 7.65. The third-order valence-corrected chi connectivity index (χ3v) is 3.49. The van der Waals surface area contributed by atoms with E-state index in [2.05, 4.69) is 10.6 Å². The van der Waals surface area contributed by atoms with Gasteiger partial charge in [0.05, 0.1) is 12.1 Å². The Morgan fingerprint density at radius 3 is 2.65 bits per heavy atom. The topological polar surface area (TPSA) is 84.2 Å². The van der Waals surface area contributed by atoms with Gasteiger partial charge in [0.1, 0.15) is 0 Å². The number of rotatable bonds is 6. The van der Waals surface area contributed by atoms with E-state index in [0.717, 1.165) is 11.1 Å². The van der Waals surface area contributed by atoms with Crippen LogP contribution in [0.5, 0.6) is 0 Å². The Kier molecular flexibility index (Phi) is 5.60. The minimum atomic E-state index is -0.579. The molecule has 0 unspecified atom stereocenters. The fourth-order valence-electron chi connectivity index (χ4n) is 2.14. The van der Waals surface area contributed by atoms with Crippen LogP contribution in [-0.4, -0.2) is 18.4 Å². The van der Waals surface area contributed by atoms with Crippen LogP contribution in [0.25, 0.3) is 0 Å². The van der Waals surface area contributed by atoms with Crippen molar-refractivity contribution in [3.8, 4) is 0 Å². The maximum atomic E-state index is 11.9. The van der Waals surface area contributed by atoms with Crippen LogP contribution in [0.1, 0.15) is 21.5 Å². The number of carbonyl (C=O) groups excluding carboxylic acids is 2. The largest absolute Gasteiger partial charge is 0.375 e. The van der Waals surface area contributed by atoms with Crippen LogP contribution in [0.2, 0.25) is 5.02 Å². The first-order valence-corrected chi connectivity index (χ1v) is 7.49. The van der Waals surface area contributed by atoms with Gasteiger partial charge < -0.3 is 16.4 Å². The summed E-state index contributed by atoms with van der Waals surface area (Å²) in [6.07, 6.45) is 0. The second-order valence-corrected chi connectivity index (χ2v) is 5.61. The van der Waals surface area contributed by atoms with Crippen molar-refractivity contribution >= 4 is 29.1 Å². The van der Waals surface area contributed by atoms with Crippen molar-refractivity contribution in [3.63, 3.8) is 0 Å². The molecule has 2 amide bonds. The molecule has 2 aromatic rings. The second-order valence-electron chi connectivity index (χ2n) is 5.17. The van der Waals surface area contributed by atoms with Gasteiger partial charge >= 0.3 is 0 Å². The molecule has 5 nitrogen and oxygen atoms in total. The van der Waals surface area contributed by atoms with Gasteiger partial charge in [0.15, 0.2) is 0 Å². The molecule has 0 radical (unpaired) electrons. The number of aryl methyl sites for hydroxylation is 1. The van der Waals surface area contributed by atoms with Crippen LogP contribution in [0.4, 0.5) is 5.69 Å². The molecule has 120 valence electrons. The van der Waals surface area contributed by atoms with E-state index in [4.69, 9.17) is 17.3 Å². The number of benzene rings is 2. The zero-order chi connectivity index (χ0) is 16.8. The summed E-state index contributed by atoms with van der Waals surface area (Å²) in [7, 11) is 0. The number of hydrogen-bond donors (Lipinski definition) is 3. The minimum Gasteiger partial charge on any atom is -0.375 e. The lowest BCUT2D eigenvalue weighted by Crippen LogP contribution is -2.30. The van der Waals surface area contributed by atoms with Gasteiger partial charge in [0.25, 0.3) is 5.91 Å². The maximum absolute atomic E-state index is 11.9. The Bertz CT molecular complexity index is 732. The first-order chi connectivity index (χ1) is 11.0. The summed E-state index contributed by atoms with van der Waals surface area (Å²) in [5.41, 5.74) is 8.20. The predicted molar refractivity (Wildman–Crippen MR) is 91.5 cm³/mol. The van der Waals surface area contributed by atoms with Crippen molar-refractivity contribution in [1.82, 2.24) is 5.32 Å². The van der Waals surface area contributed by atoms with E-state index in [0.29, 0.717) is 22.8 Å². The Balaban J connectivity index is 1.92. The Morgan fingerprint density at radius 2 is 1.96 bits per heavy atom. The lowest BCUT2D eigenvalue weighted by Gasteiger charge is -2.11. The van der Waals surface area contributed by atoms with Gasteiger partial charge in [-0.25, -0.2) is 0 Å². The molecule has 0 fully saturated rings. The summed E-state index contributed by atoms with van der Waals surface area (Å²) in [6.45, 7) is 2.46. The molecule has 0 aromatic heterocycles. The average Bonchev–Trinajstić information content (AvgIpc) is 2.50. The Morgan fingerprint density at radius 1 is 1.17 bits per heavy atom. The maximum Gasteiger partial charge on any atom is 0.250 e. The highest BCUT2D eigenvalue weighted by atomic mass is 35.5. The molecular weight excluding hydrogens is 314 g/mol. The lowest BCUT2D eigenvalue weighted by atomic mass is 10.1. The number of nitrogens with one attached hydrogen (secondary N) is 2. The third kappa shape index (κ3) is 5.00. The summed E-state index contributed by atoms with van der Waals surface area (Å²) in [6, 6.07) is 12.6. The Labute approximate surface area is 139 Å². The van der Waals surface area contributed by atoms with E-state index >= 15 is 0 Å². The molecule has 0 aliphatic heterocycles. The monoisotopic (exact) mass is 331 g/mol. The molecule has 2 aromatic carbocycles. The number of primary amides is 1. The first kappa shape index (κ1) is 16.8. The highest BCUT2D eigenvalue weighted by Crippen LogP contribution is 2.20. The number of nitrogens with two attached hydrogens (primary N) is 1. The van der Waals surface area contributed by atoms with Crippen molar-refractivity contribution in [1.29, 1.82) is 0 Å². The first-order valence-electron chi connectivity index (χ1n) is 7.11. The van der Waals surface area contributed by atoms with Crippen molar-refractivity contribution in [3.05, 3.63) is 64.2 Å². The fraction of sp³-hybridized carbons (Fsp3) is 0.176. The quantitative estimate of drug-likeness (QED) is 0.760. The molecule has 0 saturated carbocycles. The molecular formula is C17H18ClN3O2.